The first-order chi connectivity index (χ1) is 10.1. The fourth-order valence-corrected chi connectivity index (χ4v) is 3.18. The molecule has 116 valence electrons. The first-order valence-electron chi connectivity index (χ1n) is 8.00. The van der Waals surface area contributed by atoms with Gasteiger partial charge in [-0.2, -0.15) is 0 Å². The summed E-state index contributed by atoms with van der Waals surface area (Å²) in [5, 5.41) is 2.84. The Morgan fingerprint density at radius 3 is 2.76 bits per heavy atom. The summed E-state index contributed by atoms with van der Waals surface area (Å²) in [7, 11) is 0. The second kappa shape index (κ2) is 7.48. The highest BCUT2D eigenvalue weighted by Gasteiger charge is 2.30. The number of alkyl carbamates (subject to hydrolysis) is 1. The number of benzene rings is 1. The van der Waals surface area contributed by atoms with Crippen LogP contribution in [0.1, 0.15) is 51.5 Å². The van der Waals surface area contributed by atoms with E-state index >= 15 is 0 Å². The summed E-state index contributed by atoms with van der Waals surface area (Å²) in [6, 6.07) is 9.75. The van der Waals surface area contributed by atoms with Crippen LogP contribution < -0.4 is 5.32 Å². The molecule has 0 aliphatic heterocycles. The highest BCUT2D eigenvalue weighted by atomic mass is 16.5. The zero-order valence-electron chi connectivity index (χ0n) is 13.2. The van der Waals surface area contributed by atoms with Crippen LogP contribution in [0.2, 0.25) is 0 Å². The zero-order chi connectivity index (χ0) is 15.1. The van der Waals surface area contributed by atoms with Gasteiger partial charge in [0.2, 0.25) is 0 Å². The van der Waals surface area contributed by atoms with E-state index in [-0.39, 0.29) is 6.09 Å². The zero-order valence-corrected chi connectivity index (χ0v) is 13.2. The van der Waals surface area contributed by atoms with Crippen molar-refractivity contribution in [1.29, 1.82) is 0 Å². The molecule has 0 radical (unpaired) electrons. The summed E-state index contributed by atoms with van der Waals surface area (Å²) in [5.41, 5.74) is 1.54. The van der Waals surface area contributed by atoms with Gasteiger partial charge in [0.25, 0.3) is 0 Å². The van der Waals surface area contributed by atoms with Crippen molar-refractivity contribution in [3.05, 3.63) is 35.9 Å². The van der Waals surface area contributed by atoms with E-state index < -0.39 is 0 Å². The van der Waals surface area contributed by atoms with E-state index in [0.717, 1.165) is 17.9 Å². The molecular weight excluding hydrogens is 262 g/mol. The molecule has 1 aliphatic carbocycles. The van der Waals surface area contributed by atoms with Crippen molar-refractivity contribution in [2.45, 2.75) is 52.6 Å². The molecule has 0 unspecified atom stereocenters. The lowest BCUT2D eigenvalue weighted by Crippen LogP contribution is -2.25. The summed E-state index contributed by atoms with van der Waals surface area (Å²) < 4.78 is 5.18. The number of ether oxygens (including phenoxy) is 1. The average molecular weight is 289 g/mol. The van der Waals surface area contributed by atoms with Crippen molar-refractivity contribution in [3.8, 4) is 0 Å². The Kier molecular flexibility index (Phi) is 5.66. The van der Waals surface area contributed by atoms with Crippen LogP contribution in [0.15, 0.2) is 30.3 Å². The van der Waals surface area contributed by atoms with Crippen molar-refractivity contribution in [2.75, 3.05) is 6.54 Å². The van der Waals surface area contributed by atoms with Crippen molar-refractivity contribution < 1.29 is 9.53 Å². The molecular formula is C18H27NO2. The third kappa shape index (κ3) is 5.78. The Balaban J connectivity index is 1.54. The van der Waals surface area contributed by atoms with Gasteiger partial charge >= 0.3 is 6.09 Å². The minimum Gasteiger partial charge on any atom is -0.445 e. The Bertz CT molecular complexity index is 442. The Morgan fingerprint density at radius 2 is 2.10 bits per heavy atom. The number of amides is 1. The van der Waals surface area contributed by atoms with E-state index in [0.29, 0.717) is 18.6 Å². The molecule has 21 heavy (non-hydrogen) atoms. The number of nitrogens with one attached hydrogen (secondary N) is 1. The fourth-order valence-electron chi connectivity index (χ4n) is 3.18. The van der Waals surface area contributed by atoms with Gasteiger partial charge in [-0.15, -0.1) is 0 Å². The molecule has 1 aliphatic rings. The van der Waals surface area contributed by atoms with Gasteiger partial charge in [-0.05, 0) is 49.0 Å². The molecule has 3 heteroatoms. The third-order valence-corrected chi connectivity index (χ3v) is 4.34. The average Bonchev–Trinajstić information content (AvgIpc) is 2.82. The molecule has 3 nitrogen and oxygen atoms in total. The highest BCUT2D eigenvalue weighted by molar-refractivity contribution is 5.67. The molecule has 1 fully saturated rings. The first-order valence-corrected chi connectivity index (χ1v) is 8.00. The maximum absolute atomic E-state index is 11.6. The highest BCUT2D eigenvalue weighted by Crippen LogP contribution is 2.42. The molecule has 1 saturated carbocycles. The second-order valence-electron chi connectivity index (χ2n) is 6.90. The lowest BCUT2D eigenvalue weighted by Gasteiger charge is -2.17. The SMILES string of the molecule is CC1(C)CC[C@H](CCCNC(=O)OCc2ccccc2)C1. The van der Waals surface area contributed by atoms with Crippen LogP contribution in [0.5, 0.6) is 0 Å². The molecule has 1 atom stereocenters. The van der Waals surface area contributed by atoms with Crippen LogP contribution >= 0.6 is 0 Å². The van der Waals surface area contributed by atoms with Crippen LogP contribution in [-0.2, 0) is 11.3 Å². The topological polar surface area (TPSA) is 38.3 Å². The normalized spacial score (nSPS) is 20.2. The number of hydrogen-bond donors (Lipinski definition) is 1. The Morgan fingerprint density at radius 1 is 1.33 bits per heavy atom. The number of carbonyl (C=O) groups is 1. The summed E-state index contributed by atoms with van der Waals surface area (Å²) >= 11 is 0. The Hall–Kier alpha value is -1.51. The maximum atomic E-state index is 11.6. The van der Waals surface area contributed by atoms with Gasteiger partial charge in [0, 0.05) is 6.54 Å². The van der Waals surface area contributed by atoms with E-state index in [2.05, 4.69) is 19.2 Å². The molecule has 2 rings (SSSR count). The minimum atomic E-state index is -0.314. The standard InChI is InChI=1S/C18H27NO2/c1-18(2)11-10-15(13-18)9-6-12-19-17(20)21-14-16-7-4-3-5-8-16/h3-5,7-8,15H,6,9-14H2,1-2H3,(H,19,20)/t15-/m0/s1. The van der Waals surface area contributed by atoms with Crippen LogP contribution in [0.25, 0.3) is 0 Å². The number of hydrogen-bond acceptors (Lipinski definition) is 2. The molecule has 0 spiro atoms. The van der Waals surface area contributed by atoms with E-state index in [1.165, 1.54) is 25.7 Å². The predicted octanol–water partition coefficient (Wildman–Crippen LogP) is 4.52. The predicted molar refractivity (Wildman–Crippen MR) is 85.0 cm³/mol. The van der Waals surface area contributed by atoms with Crippen molar-refractivity contribution in [2.24, 2.45) is 11.3 Å². The third-order valence-electron chi connectivity index (χ3n) is 4.34. The van der Waals surface area contributed by atoms with Gasteiger partial charge in [0.1, 0.15) is 6.61 Å². The number of carbonyl (C=O) groups excluding carboxylic acids is 1. The maximum Gasteiger partial charge on any atom is 0.407 e. The monoisotopic (exact) mass is 289 g/mol. The van der Waals surface area contributed by atoms with Crippen LogP contribution in [-0.4, -0.2) is 12.6 Å². The molecule has 1 aromatic carbocycles. The van der Waals surface area contributed by atoms with Gasteiger partial charge < -0.3 is 10.1 Å². The lowest BCUT2D eigenvalue weighted by molar-refractivity contribution is 0.139. The minimum absolute atomic E-state index is 0.314. The van der Waals surface area contributed by atoms with Gasteiger partial charge in [-0.1, -0.05) is 44.2 Å². The molecule has 0 saturated heterocycles. The Labute approximate surface area is 128 Å². The summed E-state index contributed by atoms with van der Waals surface area (Å²) in [5.74, 6) is 0.835. The van der Waals surface area contributed by atoms with Crippen molar-refractivity contribution in [3.63, 3.8) is 0 Å². The molecule has 1 N–H and O–H groups in total. The van der Waals surface area contributed by atoms with Gasteiger partial charge in [0.15, 0.2) is 0 Å². The second-order valence-corrected chi connectivity index (χ2v) is 6.90. The molecule has 0 aromatic heterocycles. The van der Waals surface area contributed by atoms with E-state index in [4.69, 9.17) is 4.74 Å². The van der Waals surface area contributed by atoms with Gasteiger partial charge in [-0.25, -0.2) is 4.79 Å². The van der Waals surface area contributed by atoms with E-state index in [1.54, 1.807) is 0 Å². The number of rotatable bonds is 6. The summed E-state index contributed by atoms with van der Waals surface area (Å²) in [4.78, 5) is 11.6. The fraction of sp³-hybridized carbons (Fsp3) is 0.611. The molecule has 0 bridgehead atoms. The van der Waals surface area contributed by atoms with E-state index in [9.17, 15) is 4.79 Å². The molecule has 0 heterocycles. The van der Waals surface area contributed by atoms with Crippen molar-refractivity contribution >= 4 is 6.09 Å². The van der Waals surface area contributed by atoms with Gasteiger partial charge in [-0.3, -0.25) is 0 Å². The molecule has 1 amide bonds. The molecule has 1 aromatic rings. The van der Waals surface area contributed by atoms with Crippen LogP contribution in [0.3, 0.4) is 0 Å². The summed E-state index contributed by atoms with van der Waals surface area (Å²) in [6.07, 6.45) is 5.94. The largest absolute Gasteiger partial charge is 0.445 e. The van der Waals surface area contributed by atoms with Crippen LogP contribution in [0.4, 0.5) is 4.79 Å². The first kappa shape index (κ1) is 15.9. The van der Waals surface area contributed by atoms with Crippen LogP contribution in [0, 0.1) is 11.3 Å². The lowest BCUT2D eigenvalue weighted by atomic mass is 9.89. The smallest absolute Gasteiger partial charge is 0.407 e. The van der Waals surface area contributed by atoms with Crippen molar-refractivity contribution in [1.82, 2.24) is 5.32 Å². The quantitative estimate of drug-likeness (QED) is 0.782. The van der Waals surface area contributed by atoms with E-state index in [1.807, 2.05) is 30.3 Å². The summed E-state index contributed by atoms with van der Waals surface area (Å²) in [6.45, 7) is 5.76. The van der Waals surface area contributed by atoms with Gasteiger partial charge in [0.05, 0.1) is 0 Å².